The van der Waals surface area contributed by atoms with Gasteiger partial charge in [-0.15, -0.1) is 0 Å². The Kier molecular flexibility index (Phi) is 7.02. The molecular weight excluding hydrogens is 785 g/mol. The largest absolute Gasteiger partial charge is 0.309 e. The monoisotopic (exact) mass is 824 g/mol. The van der Waals surface area contributed by atoms with Gasteiger partial charge in [-0.3, -0.25) is 0 Å². The Morgan fingerprint density at radius 3 is 1.17 bits per heavy atom. The van der Waals surface area contributed by atoms with Gasteiger partial charge in [0.05, 0.1) is 27.5 Å². The predicted octanol–water partition coefficient (Wildman–Crippen LogP) is 15.4. The van der Waals surface area contributed by atoms with Crippen LogP contribution in [0.2, 0.25) is 0 Å². The van der Waals surface area contributed by atoms with Gasteiger partial charge in [-0.25, -0.2) is 0 Å². The first-order valence-corrected chi connectivity index (χ1v) is 22.9. The molecule has 0 amide bonds. The van der Waals surface area contributed by atoms with Gasteiger partial charge in [-0.2, -0.15) is 0 Å². The van der Waals surface area contributed by atoms with Crippen LogP contribution in [-0.4, -0.2) is 9.13 Å². The molecule has 12 aromatic rings. The number of hydrogen-bond acceptors (Lipinski definition) is 0. The molecule has 0 unspecified atom stereocenters. The first-order chi connectivity index (χ1) is 32.3. The van der Waals surface area contributed by atoms with Crippen molar-refractivity contribution >= 4 is 43.6 Å². The zero-order valence-electron chi connectivity index (χ0n) is 35.6. The average molecular weight is 825 g/mol. The third kappa shape index (κ3) is 4.58. The molecule has 2 heteroatoms. The molecule has 302 valence electrons. The van der Waals surface area contributed by atoms with Crippen molar-refractivity contribution in [3.8, 4) is 44.8 Å². The molecular formula is C63H40N2. The number of hydrogen-bond donors (Lipinski definition) is 0. The van der Waals surface area contributed by atoms with E-state index in [1.54, 1.807) is 0 Å². The Morgan fingerprint density at radius 1 is 0.308 bits per heavy atom. The molecule has 0 saturated carbocycles. The number of benzene rings is 10. The van der Waals surface area contributed by atoms with E-state index in [-0.39, 0.29) is 0 Å². The van der Waals surface area contributed by atoms with E-state index in [1.807, 2.05) is 0 Å². The summed E-state index contributed by atoms with van der Waals surface area (Å²) in [7, 11) is 0. The van der Waals surface area contributed by atoms with Gasteiger partial charge in [0.15, 0.2) is 0 Å². The van der Waals surface area contributed by atoms with Gasteiger partial charge in [-0.05, 0) is 128 Å². The summed E-state index contributed by atoms with van der Waals surface area (Å²) < 4.78 is 5.05. The van der Waals surface area contributed by atoms with Crippen LogP contribution in [0.25, 0.3) is 88.4 Å². The quantitative estimate of drug-likeness (QED) is 0.167. The minimum atomic E-state index is -0.593. The molecule has 2 heterocycles. The van der Waals surface area contributed by atoms with E-state index in [0.29, 0.717) is 0 Å². The molecule has 0 atom stereocenters. The first-order valence-electron chi connectivity index (χ1n) is 22.9. The summed E-state index contributed by atoms with van der Waals surface area (Å²) in [5.74, 6) is 0. The van der Waals surface area contributed by atoms with Crippen molar-refractivity contribution in [3.05, 3.63) is 263 Å². The molecule has 0 spiro atoms. The average Bonchev–Trinajstić information content (AvgIpc) is 4.17. The van der Waals surface area contributed by atoms with Gasteiger partial charge in [0.25, 0.3) is 0 Å². The number of para-hydroxylation sites is 2. The highest BCUT2D eigenvalue weighted by atomic mass is 15.0. The molecule has 0 aliphatic heterocycles. The van der Waals surface area contributed by atoms with Crippen molar-refractivity contribution in [2.45, 2.75) is 18.3 Å². The van der Waals surface area contributed by atoms with E-state index >= 15 is 0 Å². The fraction of sp³-hybridized carbons (Fsp3) is 0.0476. The summed E-state index contributed by atoms with van der Waals surface area (Å²) in [5, 5.41) is 5.11. The van der Waals surface area contributed by atoms with Crippen LogP contribution in [0.15, 0.2) is 218 Å². The normalized spacial score (nSPS) is 13.8. The van der Waals surface area contributed by atoms with Gasteiger partial charge in [-0.1, -0.05) is 170 Å². The van der Waals surface area contributed by atoms with E-state index in [0.717, 1.165) is 12.8 Å². The zero-order valence-corrected chi connectivity index (χ0v) is 35.6. The van der Waals surface area contributed by atoms with Crippen molar-refractivity contribution < 1.29 is 0 Å². The molecule has 15 rings (SSSR count). The van der Waals surface area contributed by atoms with Gasteiger partial charge in [0, 0.05) is 44.0 Å². The van der Waals surface area contributed by atoms with Crippen LogP contribution in [0, 0.1) is 0 Å². The van der Waals surface area contributed by atoms with Crippen LogP contribution in [0.1, 0.15) is 44.5 Å². The van der Waals surface area contributed by atoms with Gasteiger partial charge in [0.1, 0.15) is 0 Å². The van der Waals surface area contributed by atoms with Gasteiger partial charge in [0.2, 0.25) is 0 Å². The predicted molar refractivity (Wildman–Crippen MR) is 269 cm³/mol. The Hall–Kier alpha value is -8.20. The van der Waals surface area contributed by atoms with Crippen LogP contribution in [0.5, 0.6) is 0 Å². The lowest BCUT2D eigenvalue weighted by Gasteiger charge is -2.34. The second-order valence-corrected chi connectivity index (χ2v) is 18.3. The van der Waals surface area contributed by atoms with E-state index in [9.17, 15) is 0 Å². The number of aromatic nitrogens is 2. The van der Waals surface area contributed by atoms with Crippen molar-refractivity contribution in [3.63, 3.8) is 0 Å². The van der Waals surface area contributed by atoms with Gasteiger partial charge >= 0.3 is 0 Å². The molecule has 65 heavy (non-hydrogen) atoms. The second-order valence-electron chi connectivity index (χ2n) is 18.3. The Bertz CT molecular complexity index is 3730. The maximum absolute atomic E-state index is 2.55. The molecule has 0 saturated heterocycles. The minimum Gasteiger partial charge on any atom is -0.309 e. The summed E-state index contributed by atoms with van der Waals surface area (Å²) in [6, 6.07) is 82.6. The van der Waals surface area contributed by atoms with Crippen LogP contribution in [-0.2, 0) is 18.3 Å². The summed E-state index contributed by atoms with van der Waals surface area (Å²) in [4.78, 5) is 0. The van der Waals surface area contributed by atoms with Crippen molar-refractivity contribution in [1.82, 2.24) is 9.13 Å². The zero-order chi connectivity index (χ0) is 42.4. The lowest BCUT2D eigenvalue weighted by atomic mass is 9.67. The van der Waals surface area contributed by atoms with Crippen LogP contribution < -0.4 is 0 Å². The van der Waals surface area contributed by atoms with Crippen LogP contribution >= 0.6 is 0 Å². The summed E-state index contributed by atoms with van der Waals surface area (Å²) in [6.45, 7) is 0. The second kappa shape index (κ2) is 12.9. The Labute approximate surface area is 376 Å². The molecule has 0 bridgehead atoms. The summed E-state index contributed by atoms with van der Waals surface area (Å²) >= 11 is 0. The fourth-order valence-electron chi connectivity index (χ4n) is 12.6. The van der Waals surface area contributed by atoms with E-state index in [1.165, 1.54) is 133 Å². The first kappa shape index (κ1) is 35.3. The Balaban J connectivity index is 1.06. The number of rotatable bonds is 4. The SMILES string of the molecule is c1ccc(-n2c3ccc(C4(c5ccc6c(c5)c5ccc7c(c5n6-c5ccccc5)-c5ccccc5C7)c5ccccc5-c5ccccc54)cc3c3ccc4c(c32)-c2ccccc2C4)cc1. The summed E-state index contributed by atoms with van der Waals surface area (Å²) in [5.41, 5.74) is 25.6. The summed E-state index contributed by atoms with van der Waals surface area (Å²) in [6.07, 6.45) is 1.91. The fourth-order valence-corrected chi connectivity index (χ4v) is 12.6. The topological polar surface area (TPSA) is 9.86 Å². The van der Waals surface area contributed by atoms with Crippen molar-refractivity contribution in [1.29, 1.82) is 0 Å². The maximum Gasteiger partial charge on any atom is 0.0714 e. The third-order valence-corrected chi connectivity index (χ3v) is 15.2. The highest BCUT2D eigenvalue weighted by Crippen LogP contribution is 2.58. The lowest BCUT2D eigenvalue weighted by Crippen LogP contribution is -2.28. The molecule has 0 N–H and O–H groups in total. The molecule has 0 radical (unpaired) electrons. The molecule has 0 fully saturated rings. The van der Waals surface area contributed by atoms with Gasteiger partial charge < -0.3 is 9.13 Å². The lowest BCUT2D eigenvalue weighted by molar-refractivity contribution is 0.771. The van der Waals surface area contributed by atoms with E-state index < -0.39 is 5.41 Å². The molecule has 3 aliphatic rings. The molecule has 2 aromatic heterocycles. The minimum absolute atomic E-state index is 0.593. The number of fused-ring (bicyclic) bond motifs is 17. The van der Waals surface area contributed by atoms with Crippen LogP contribution in [0.4, 0.5) is 0 Å². The third-order valence-electron chi connectivity index (χ3n) is 15.2. The molecule has 2 nitrogen and oxygen atoms in total. The highest BCUT2D eigenvalue weighted by molar-refractivity contribution is 6.17. The van der Waals surface area contributed by atoms with E-state index in [4.69, 9.17) is 0 Å². The van der Waals surface area contributed by atoms with E-state index in [2.05, 4.69) is 228 Å². The van der Waals surface area contributed by atoms with Crippen molar-refractivity contribution in [2.75, 3.05) is 0 Å². The molecule has 10 aromatic carbocycles. The Morgan fingerprint density at radius 2 is 0.708 bits per heavy atom. The maximum atomic E-state index is 2.55. The number of nitrogens with zero attached hydrogens (tertiary/aromatic N) is 2. The standard InChI is InChI=1S/C63H40N2/c1-3-17-45(18-4-1)64-57-33-29-43(37-53(57)51-31-27-41-35-39-15-7-9-21-47(39)59(41)61(51)64)63(55-25-13-11-23-49(55)50-24-12-14-26-56(50)63)44-30-34-58-54(38-44)52-32-28-42-36-40-16-8-10-22-48(40)60(42)62(52)65(58)46-19-5-2-6-20-46/h1-34,37-38H,35-36H2. The molecule has 3 aliphatic carbocycles. The van der Waals surface area contributed by atoms with Crippen molar-refractivity contribution in [2.24, 2.45) is 0 Å². The smallest absolute Gasteiger partial charge is 0.0714 e. The van der Waals surface area contributed by atoms with Crippen LogP contribution in [0.3, 0.4) is 0 Å². The highest BCUT2D eigenvalue weighted by Gasteiger charge is 2.46.